The molecule has 0 spiro atoms. The molecule has 1 unspecified atom stereocenters. The van der Waals surface area contributed by atoms with Crippen LogP contribution in [0, 0.1) is 0 Å². The van der Waals surface area contributed by atoms with Crippen LogP contribution in [0.2, 0.25) is 5.02 Å². The number of nitrogens with two attached hydrogens (primary N) is 2. The number of carboxylic acids is 1. The number of rotatable bonds is 6. The Morgan fingerprint density at radius 2 is 2.03 bits per heavy atom. The number of ether oxygens (including phenoxy) is 1. The number of anilines is 1. The molecule has 7 N–H and O–H groups in total. The van der Waals surface area contributed by atoms with E-state index in [1.807, 2.05) is 0 Å². The molecule has 1 saturated heterocycles. The Hall–Kier alpha value is -3.32. The van der Waals surface area contributed by atoms with Crippen molar-refractivity contribution in [1.29, 1.82) is 0 Å². The number of carbonyl (C=O) groups excluding carboxylic acids is 1. The maximum absolute atomic E-state index is 12.7. The van der Waals surface area contributed by atoms with Gasteiger partial charge in [0.05, 0.1) is 18.4 Å². The van der Waals surface area contributed by atoms with E-state index in [1.54, 1.807) is 24.3 Å². The van der Waals surface area contributed by atoms with Crippen LogP contribution in [0.4, 0.5) is 5.82 Å². The van der Waals surface area contributed by atoms with Crippen LogP contribution in [0.1, 0.15) is 11.8 Å². The zero-order valence-corrected chi connectivity index (χ0v) is 17.3. The topological polar surface area (TPSA) is 192 Å². The Morgan fingerprint density at radius 1 is 1.28 bits per heavy atom. The molecule has 32 heavy (non-hydrogen) atoms. The van der Waals surface area contributed by atoms with E-state index in [9.17, 15) is 19.8 Å². The van der Waals surface area contributed by atoms with Gasteiger partial charge in [0, 0.05) is 5.02 Å². The van der Waals surface area contributed by atoms with Crippen LogP contribution in [0.15, 0.2) is 36.9 Å². The Balaban J connectivity index is 1.55. The van der Waals surface area contributed by atoms with Gasteiger partial charge in [-0.05, 0) is 18.1 Å². The quantitative estimate of drug-likeness (QED) is 0.318. The summed E-state index contributed by atoms with van der Waals surface area (Å²) >= 11 is 6.11. The summed E-state index contributed by atoms with van der Waals surface area (Å²) in [5, 5.41) is 23.4. The number of aliphatic hydroxyl groups is 1. The molecule has 2 aromatic heterocycles. The summed E-state index contributed by atoms with van der Waals surface area (Å²) in [5.74, 6) is -1.91. The Bertz CT molecular complexity index is 1170. The van der Waals surface area contributed by atoms with Gasteiger partial charge in [0.15, 0.2) is 23.8 Å². The minimum absolute atomic E-state index is 0.117. The van der Waals surface area contributed by atoms with Crippen LogP contribution in [0.25, 0.3) is 11.2 Å². The highest BCUT2D eigenvalue weighted by Crippen LogP contribution is 2.32. The van der Waals surface area contributed by atoms with Crippen molar-refractivity contribution in [3.63, 3.8) is 0 Å². The molecule has 168 valence electrons. The third kappa shape index (κ3) is 3.96. The van der Waals surface area contributed by atoms with Crippen molar-refractivity contribution in [2.75, 3.05) is 5.73 Å². The second kappa shape index (κ2) is 8.67. The van der Waals surface area contributed by atoms with E-state index in [4.69, 9.17) is 27.8 Å². The molecule has 3 aromatic rings. The predicted octanol–water partition coefficient (Wildman–Crippen LogP) is -0.540. The molecule has 4 rings (SSSR count). The first-order chi connectivity index (χ1) is 15.3. The van der Waals surface area contributed by atoms with E-state index in [0.717, 1.165) is 0 Å². The molecular weight excluding hydrogens is 442 g/mol. The number of benzene rings is 1. The van der Waals surface area contributed by atoms with E-state index in [1.165, 1.54) is 17.2 Å². The Morgan fingerprint density at radius 3 is 2.75 bits per heavy atom. The van der Waals surface area contributed by atoms with Crippen molar-refractivity contribution in [2.45, 2.75) is 36.9 Å². The molecule has 1 fully saturated rings. The Labute approximate surface area is 186 Å². The van der Waals surface area contributed by atoms with Crippen molar-refractivity contribution in [3.8, 4) is 0 Å². The zero-order valence-electron chi connectivity index (χ0n) is 16.5. The molecule has 0 bridgehead atoms. The third-order valence-corrected chi connectivity index (χ3v) is 5.59. The molecule has 12 nitrogen and oxygen atoms in total. The minimum atomic E-state index is -1.54. The summed E-state index contributed by atoms with van der Waals surface area (Å²) in [7, 11) is 0. The lowest BCUT2D eigenvalue weighted by atomic mass is 10.0. The molecule has 0 aliphatic carbocycles. The van der Waals surface area contributed by atoms with Gasteiger partial charge in [-0.3, -0.25) is 9.36 Å². The van der Waals surface area contributed by atoms with Crippen molar-refractivity contribution >= 4 is 40.5 Å². The zero-order chi connectivity index (χ0) is 23.0. The Kier molecular flexibility index (Phi) is 5.93. The van der Waals surface area contributed by atoms with E-state index < -0.39 is 42.4 Å². The molecule has 3 heterocycles. The van der Waals surface area contributed by atoms with Gasteiger partial charge in [0.1, 0.15) is 17.9 Å². The summed E-state index contributed by atoms with van der Waals surface area (Å²) in [6.07, 6.45) is -1.54. The standard InChI is InChI=1S/C19H20ClN7O5/c20-9-4-2-1-3-8(9)5-10(21)17(29)26-11-13(28)18(32-14(11)19(30)31)27-7-25-12-15(22)23-6-24-16(12)27/h1-4,6-7,10-11,13-14,18,28H,5,21H2,(H,26,29)(H,30,31)(H2,22,23,24)/t10?,11-,13+,14-,18+/m0/s1. The molecule has 0 saturated carbocycles. The number of hydrogen-bond donors (Lipinski definition) is 5. The number of nitrogens with zero attached hydrogens (tertiary/aromatic N) is 4. The summed E-state index contributed by atoms with van der Waals surface area (Å²) in [6, 6.07) is 4.61. The predicted molar refractivity (Wildman–Crippen MR) is 112 cm³/mol. The van der Waals surface area contributed by atoms with Gasteiger partial charge < -0.3 is 31.7 Å². The van der Waals surface area contributed by atoms with E-state index >= 15 is 0 Å². The van der Waals surface area contributed by atoms with Crippen LogP contribution in [-0.2, 0) is 20.7 Å². The SMILES string of the molecule is Nc1ncnc2c1ncn2[C@@H]1O[C@H](C(=O)O)[C@@H](NC(=O)C(N)Cc2ccccc2Cl)[C@H]1O. The lowest BCUT2D eigenvalue weighted by molar-refractivity contribution is -0.152. The smallest absolute Gasteiger partial charge is 0.335 e. The molecule has 0 radical (unpaired) electrons. The van der Waals surface area contributed by atoms with Gasteiger partial charge >= 0.3 is 5.97 Å². The number of imidazole rings is 1. The fourth-order valence-corrected chi connectivity index (χ4v) is 3.81. The highest BCUT2D eigenvalue weighted by molar-refractivity contribution is 6.31. The molecule has 1 aromatic carbocycles. The van der Waals surface area contributed by atoms with Crippen molar-refractivity contribution in [3.05, 3.63) is 47.5 Å². The van der Waals surface area contributed by atoms with Crippen molar-refractivity contribution in [1.82, 2.24) is 24.8 Å². The number of fused-ring (bicyclic) bond motifs is 1. The highest BCUT2D eigenvalue weighted by Gasteiger charge is 2.49. The second-order valence-corrected chi connectivity index (χ2v) is 7.70. The molecule has 1 aliphatic heterocycles. The third-order valence-electron chi connectivity index (χ3n) is 5.22. The molecule has 5 atom stereocenters. The summed E-state index contributed by atoms with van der Waals surface area (Å²) < 4.78 is 6.89. The molecule has 1 aliphatic rings. The summed E-state index contributed by atoms with van der Waals surface area (Å²) in [5.41, 5.74) is 12.9. The monoisotopic (exact) mass is 461 g/mol. The fourth-order valence-electron chi connectivity index (χ4n) is 3.60. The van der Waals surface area contributed by atoms with E-state index in [-0.39, 0.29) is 23.4 Å². The number of aliphatic hydroxyl groups excluding tert-OH is 1. The average Bonchev–Trinajstić information content (AvgIpc) is 3.32. The number of halogens is 1. The fraction of sp³-hybridized carbons (Fsp3) is 0.316. The minimum Gasteiger partial charge on any atom is -0.479 e. The number of nitrogen functional groups attached to an aromatic ring is 1. The van der Waals surface area contributed by atoms with Crippen LogP contribution < -0.4 is 16.8 Å². The number of nitrogens with one attached hydrogen (secondary N) is 1. The number of aromatic nitrogens is 4. The first kappa shape index (κ1) is 21.9. The highest BCUT2D eigenvalue weighted by atomic mass is 35.5. The number of hydrogen-bond acceptors (Lipinski definition) is 9. The van der Waals surface area contributed by atoms with Gasteiger partial charge in [-0.2, -0.15) is 0 Å². The molecule has 1 amide bonds. The second-order valence-electron chi connectivity index (χ2n) is 7.30. The van der Waals surface area contributed by atoms with Crippen molar-refractivity contribution < 1.29 is 24.5 Å². The maximum Gasteiger partial charge on any atom is 0.335 e. The van der Waals surface area contributed by atoms with Crippen LogP contribution in [0.3, 0.4) is 0 Å². The van der Waals surface area contributed by atoms with Gasteiger partial charge in [-0.25, -0.2) is 19.7 Å². The first-order valence-corrected chi connectivity index (χ1v) is 9.94. The van der Waals surface area contributed by atoms with Crippen LogP contribution in [0.5, 0.6) is 0 Å². The summed E-state index contributed by atoms with van der Waals surface area (Å²) in [4.78, 5) is 36.5. The number of aliphatic carboxylic acids is 1. The normalized spacial score (nSPS) is 23.8. The van der Waals surface area contributed by atoms with E-state index in [2.05, 4.69) is 20.3 Å². The molecular formula is C19H20ClN7O5. The molecule has 13 heteroatoms. The maximum atomic E-state index is 12.7. The van der Waals surface area contributed by atoms with Crippen molar-refractivity contribution in [2.24, 2.45) is 5.73 Å². The number of amides is 1. The van der Waals surface area contributed by atoms with Gasteiger partial charge in [-0.15, -0.1) is 0 Å². The lowest BCUT2D eigenvalue weighted by Gasteiger charge is -2.22. The number of carbonyl (C=O) groups is 2. The van der Waals surface area contributed by atoms with Crippen LogP contribution in [-0.4, -0.2) is 65.9 Å². The lowest BCUT2D eigenvalue weighted by Crippen LogP contribution is -2.54. The van der Waals surface area contributed by atoms with Gasteiger partial charge in [0.2, 0.25) is 5.91 Å². The van der Waals surface area contributed by atoms with Gasteiger partial charge in [0.25, 0.3) is 0 Å². The largest absolute Gasteiger partial charge is 0.479 e. The van der Waals surface area contributed by atoms with Gasteiger partial charge in [-0.1, -0.05) is 29.8 Å². The van der Waals surface area contributed by atoms with Crippen LogP contribution >= 0.6 is 11.6 Å². The summed E-state index contributed by atoms with van der Waals surface area (Å²) in [6.45, 7) is 0. The average molecular weight is 462 g/mol. The van der Waals surface area contributed by atoms with E-state index in [0.29, 0.717) is 10.6 Å². The number of carboxylic acid groups (broad SMARTS) is 1. The first-order valence-electron chi connectivity index (χ1n) is 9.56.